The lowest BCUT2D eigenvalue weighted by Gasteiger charge is -2.27. The molecule has 0 aliphatic carbocycles. The van der Waals surface area contributed by atoms with E-state index < -0.39 is 13.2 Å². The van der Waals surface area contributed by atoms with Gasteiger partial charge in [0.2, 0.25) is 5.91 Å². The zero-order valence-electron chi connectivity index (χ0n) is 20.8. The number of esters is 1. The lowest BCUT2D eigenvalue weighted by atomic mass is 10.2. The first-order valence-electron chi connectivity index (χ1n) is 12.6. The topological polar surface area (TPSA) is 68.3 Å². The molecule has 0 fully saturated rings. The van der Waals surface area contributed by atoms with Crippen LogP contribution >= 0.6 is 7.26 Å². The monoisotopic (exact) mass is 511 g/mol. The minimum absolute atomic E-state index is 0.0273. The molecular formula is C31H32N2O3P+. The molecule has 0 spiro atoms. The van der Waals surface area contributed by atoms with Crippen molar-refractivity contribution in [1.82, 2.24) is 10.3 Å². The van der Waals surface area contributed by atoms with Gasteiger partial charge in [0.05, 0.1) is 18.3 Å². The Bertz CT molecular complexity index is 1160. The molecule has 0 aliphatic heterocycles. The molecule has 0 atom stereocenters. The van der Waals surface area contributed by atoms with Gasteiger partial charge in [0.1, 0.15) is 29.8 Å². The number of rotatable bonds is 12. The Morgan fingerprint density at radius 1 is 0.730 bits per heavy atom. The van der Waals surface area contributed by atoms with Crippen LogP contribution in [0.5, 0.6) is 0 Å². The third-order valence-corrected chi connectivity index (χ3v) is 10.8. The van der Waals surface area contributed by atoms with Crippen molar-refractivity contribution < 1.29 is 14.3 Å². The van der Waals surface area contributed by atoms with Gasteiger partial charge in [0, 0.05) is 18.8 Å². The average Bonchev–Trinajstić information content (AvgIpc) is 2.97. The van der Waals surface area contributed by atoms with Gasteiger partial charge < -0.3 is 10.1 Å². The van der Waals surface area contributed by atoms with Crippen molar-refractivity contribution in [3.8, 4) is 0 Å². The second kappa shape index (κ2) is 13.5. The first-order valence-corrected chi connectivity index (χ1v) is 14.6. The Morgan fingerprint density at radius 3 is 1.81 bits per heavy atom. The first kappa shape index (κ1) is 26.2. The molecule has 6 heteroatoms. The SMILES string of the molecule is O=C(CCCC[P+](c1ccccc1)(c1ccccc1)c1ccccc1)NCCOC(=O)c1cccnc1. The van der Waals surface area contributed by atoms with Crippen LogP contribution in [0.3, 0.4) is 0 Å². The van der Waals surface area contributed by atoms with Crippen molar-refractivity contribution in [3.63, 3.8) is 0 Å². The minimum Gasteiger partial charge on any atom is -0.460 e. The summed E-state index contributed by atoms with van der Waals surface area (Å²) < 4.78 is 5.21. The van der Waals surface area contributed by atoms with Crippen molar-refractivity contribution in [2.75, 3.05) is 19.3 Å². The van der Waals surface area contributed by atoms with Crippen molar-refractivity contribution in [2.24, 2.45) is 0 Å². The Hall–Kier alpha value is -3.82. The molecule has 4 rings (SSSR count). The molecule has 0 radical (unpaired) electrons. The van der Waals surface area contributed by atoms with Gasteiger partial charge >= 0.3 is 5.97 Å². The highest BCUT2D eigenvalue weighted by Gasteiger charge is 2.44. The largest absolute Gasteiger partial charge is 0.460 e. The number of ether oxygens (including phenoxy) is 1. The van der Waals surface area contributed by atoms with Crippen LogP contribution in [-0.2, 0) is 9.53 Å². The minimum atomic E-state index is -1.87. The summed E-state index contributed by atoms with van der Waals surface area (Å²) in [5, 5.41) is 6.92. The Labute approximate surface area is 219 Å². The van der Waals surface area contributed by atoms with Gasteiger partial charge in [0.25, 0.3) is 0 Å². The maximum absolute atomic E-state index is 12.4. The first-order chi connectivity index (χ1) is 18.2. The fourth-order valence-corrected chi connectivity index (χ4v) is 8.92. The molecule has 3 aromatic carbocycles. The van der Waals surface area contributed by atoms with Crippen molar-refractivity contribution in [1.29, 1.82) is 0 Å². The standard InChI is InChI=1S/C31H31N2O3P/c34-30(33-22-23-36-31(35)26-13-12-21-32-25-26)20-10-11-24-37(27-14-4-1-5-15-27,28-16-6-2-7-17-28)29-18-8-3-9-19-29/h1-9,12-19,21,25H,10-11,20,22-24H2/p+1. The highest BCUT2D eigenvalue weighted by Crippen LogP contribution is 2.55. The molecule has 0 saturated heterocycles. The van der Waals surface area contributed by atoms with E-state index in [4.69, 9.17) is 4.74 Å². The molecular weight excluding hydrogens is 479 g/mol. The van der Waals surface area contributed by atoms with E-state index >= 15 is 0 Å². The number of nitrogens with one attached hydrogen (secondary N) is 1. The van der Waals surface area contributed by atoms with Gasteiger partial charge in [0.15, 0.2) is 0 Å². The molecule has 0 aliphatic rings. The van der Waals surface area contributed by atoms with Crippen LogP contribution in [-0.4, -0.2) is 36.2 Å². The van der Waals surface area contributed by atoms with E-state index in [1.54, 1.807) is 18.3 Å². The molecule has 5 nitrogen and oxygen atoms in total. The molecule has 0 bridgehead atoms. The number of aromatic nitrogens is 1. The van der Waals surface area contributed by atoms with Crippen molar-refractivity contribution >= 4 is 35.1 Å². The molecule has 4 aromatic rings. The number of pyridine rings is 1. The predicted molar refractivity (Wildman–Crippen MR) is 151 cm³/mol. The molecule has 0 unspecified atom stereocenters. The van der Waals surface area contributed by atoms with Gasteiger partial charge in [-0.25, -0.2) is 4.79 Å². The number of carbonyl (C=O) groups excluding carboxylic acids is 2. The van der Waals surface area contributed by atoms with Crippen LogP contribution in [0.4, 0.5) is 0 Å². The molecule has 1 amide bonds. The number of hydrogen-bond acceptors (Lipinski definition) is 4. The highest BCUT2D eigenvalue weighted by atomic mass is 31.2. The van der Waals surface area contributed by atoms with Crippen LogP contribution < -0.4 is 21.2 Å². The van der Waals surface area contributed by atoms with E-state index in [0.717, 1.165) is 19.0 Å². The fraction of sp³-hybridized carbons (Fsp3) is 0.194. The zero-order chi connectivity index (χ0) is 25.8. The maximum atomic E-state index is 12.4. The van der Waals surface area contributed by atoms with Crippen LogP contribution in [0.25, 0.3) is 0 Å². The summed E-state index contributed by atoms with van der Waals surface area (Å²) in [6.07, 6.45) is 6.20. The third kappa shape index (κ3) is 6.90. The number of benzene rings is 3. The van der Waals surface area contributed by atoms with Crippen LogP contribution in [0, 0.1) is 0 Å². The summed E-state index contributed by atoms with van der Waals surface area (Å²) in [4.78, 5) is 28.3. The van der Waals surface area contributed by atoms with Gasteiger partial charge in [-0.05, 0) is 61.4 Å². The van der Waals surface area contributed by atoms with E-state index in [1.165, 1.54) is 22.1 Å². The predicted octanol–water partition coefficient (Wildman–Crippen LogP) is 4.52. The summed E-state index contributed by atoms with van der Waals surface area (Å²) in [7, 11) is -1.87. The molecule has 37 heavy (non-hydrogen) atoms. The number of nitrogens with zero attached hydrogens (tertiary/aromatic N) is 1. The van der Waals surface area contributed by atoms with Crippen molar-refractivity contribution in [2.45, 2.75) is 19.3 Å². The summed E-state index contributed by atoms with van der Waals surface area (Å²) >= 11 is 0. The molecule has 1 aromatic heterocycles. The molecule has 188 valence electrons. The summed E-state index contributed by atoms with van der Waals surface area (Å²) in [5.74, 6) is -0.467. The number of amides is 1. The van der Waals surface area contributed by atoms with E-state index in [1.807, 2.05) is 0 Å². The van der Waals surface area contributed by atoms with Crippen molar-refractivity contribution in [3.05, 3.63) is 121 Å². The third-order valence-electron chi connectivity index (χ3n) is 6.29. The zero-order valence-corrected chi connectivity index (χ0v) is 21.7. The van der Waals surface area contributed by atoms with Crippen LogP contribution in [0.15, 0.2) is 116 Å². The van der Waals surface area contributed by atoms with Gasteiger partial charge in [-0.1, -0.05) is 54.6 Å². The quantitative estimate of drug-likeness (QED) is 0.173. The van der Waals surface area contributed by atoms with E-state index in [-0.39, 0.29) is 12.5 Å². The second-order valence-corrected chi connectivity index (χ2v) is 12.3. The molecule has 1 N–H and O–H groups in total. The lowest BCUT2D eigenvalue weighted by molar-refractivity contribution is -0.121. The Balaban J connectivity index is 1.35. The van der Waals surface area contributed by atoms with E-state index in [9.17, 15) is 9.59 Å². The molecule has 1 heterocycles. The maximum Gasteiger partial charge on any atom is 0.339 e. The van der Waals surface area contributed by atoms with Gasteiger partial charge in [-0.2, -0.15) is 0 Å². The number of unbranched alkanes of at least 4 members (excludes halogenated alkanes) is 1. The lowest BCUT2D eigenvalue weighted by Crippen LogP contribution is -2.33. The second-order valence-electron chi connectivity index (χ2n) is 8.72. The smallest absolute Gasteiger partial charge is 0.339 e. The van der Waals surface area contributed by atoms with Gasteiger partial charge in [-0.3, -0.25) is 9.78 Å². The number of carbonyl (C=O) groups is 2. The van der Waals surface area contributed by atoms with E-state index in [0.29, 0.717) is 18.5 Å². The average molecular weight is 512 g/mol. The van der Waals surface area contributed by atoms with E-state index in [2.05, 4.69) is 101 Å². The normalized spacial score (nSPS) is 11.0. The van der Waals surface area contributed by atoms with Crippen LogP contribution in [0.2, 0.25) is 0 Å². The summed E-state index contributed by atoms with van der Waals surface area (Å²) in [6, 6.07) is 35.7. The Morgan fingerprint density at radius 2 is 1.30 bits per heavy atom. The summed E-state index contributed by atoms with van der Waals surface area (Å²) in [5.41, 5.74) is 0.399. The highest BCUT2D eigenvalue weighted by molar-refractivity contribution is 7.95. The molecule has 0 saturated carbocycles. The number of hydrogen-bond donors (Lipinski definition) is 1. The van der Waals surface area contributed by atoms with Crippen LogP contribution in [0.1, 0.15) is 29.6 Å². The van der Waals surface area contributed by atoms with Gasteiger partial charge in [-0.15, -0.1) is 0 Å². The Kier molecular flexibility index (Phi) is 9.56. The fourth-order valence-electron chi connectivity index (χ4n) is 4.51. The summed E-state index contributed by atoms with van der Waals surface area (Å²) in [6.45, 7) is 0.421.